The van der Waals surface area contributed by atoms with E-state index in [1.807, 2.05) is 60.7 Å². The molecule has 1 saturated heterocycles. The number of carbonyl (C=O) groups excluding carboxylic acids is 2. The highest BCUT2D eigenvalue weighted by Crippen LogP contribution is 2.37. The SMILES string of the molecule is COc1cc(CO[Si](C)(C)C(C)(C)C)ccc1NC(=O)CCCc1ccc(-c2ccccc2)c(NC(=O)OC2CCN(C)CC2)c1. The van der Waals surface area contributed by atoms with Crippen molar-refractivity contribution in [2.45, 2.75) is 83.7 Å². The lowest BCUT2D eigenvalue weighted by Crippen LogP contribution is -2.40. The summed E-state index contributed by atoms with van der Waals surface area (Å²) in [4.78, 5) is 28.1. The molecule has 2 N–H and O–H groups in total. The second kappa shape index (κ2) is 15.8. The molecule has 3 aromatic rings. The van der Waals surface area contributed by atoms with Gasteiger partial charge in [0.15, 0.2) is 8.32 Å². The second-order valence-electron chi connectivity index (χ2n) is 13.8. The van der Waals surface area contributed by atoms with E-state index in [1.54, 1.807) is 7.11 Å². The number of piperidine rings is 1. The summed E-state index contributed by atoms with van der Waals surface area (Å²) < 4.78 is 17.7. The molecule has 8 nitrogen and oxygen atoms in total. The van der Waals surface area contributed by atoms with Crippen LogP contribution in [0.25, 0.3) is 11.1 Å². The van der Waals surface area contributed by atoms with Gasteiger partial charge in [0.05, 0.1) is 25.1 Å². The van der Waals surface area contributed by atoms with Crippen LogP contribution in [0.4, 0.5) is 16.2 Å². The molecule has 4 rings (SSSR count). The van der Waals surface area contributed by atoms with Gasteiger partial charge in [0, 0.05) is 25.1 Å². The molecule has 46 heavy (non-hydrogen) atoms. The maximum absolute atomic E-state index is 12.9. The summed E-state index contributed by atoms with van der Waals surface area (Å²) in [6.45, 7) is 13.5. The topological polar surface area (TPSA) is 89.1 Å². The van der Waals surface area contributed by atoms with Gasteiger partial charge in [0.1, 0.15) is 11.9 Å². The first-order chi connectivity index (χ1) is 21.8. The zero-order valence-electron chi connectivity index (χ0n) is 28.6. The predicted octanol–water partition coefficient (Wildman–Crippen LogP) is 8.49. The zero-order valence-corrected chi connectivity index (χ0v) is 29.6. The fourth-order valence-corrected chi connectivity index (χ4v) is 6.15. The Morgan fingerprint density at radius 3 is 2.28 bits per heavy atom. The highest BCUT2D eigenvalue weighted by Gasteiger charge is 2.37. The third-order valence-corrected chi connectivity index (χ3v) is 13.6. The van der Waals surface area contributed by atoms with E-state index in [-0.39, 0.29) is 17.0 Å². The van der Waals surface area contributed by atoms with Gasteiger partial charge in [0.25, 0.3) is 0 Å². The number of methoxy groups -OCH3 is 1. The smallest absolute Gasteiger partial charge is 0.411 e. The monoisotopic (exact) mass is 645 g/mol. The van der Waals surface area contributed by atoms with Crippen molar-refractivity contribution in [2.24, 2.45) is 0 Å². The predicted molar refractivity (Wildman–Crippen MR) is 189 cm³/mol. The van der Waals surface area contributed by atoms with Crippen molar-refractivity contribution in [1.29, 1.82) is 0 Å². The highest BCUT2D eigenvalue weighted by atomic mass is 28.4. The first-order valence-electron chi connectivity index (χ1n) is 16.3. The van der Waals surface area contributed by atoms with E-state index >= 15 is 0 Å². The van der Waals surface area contributed by atoms with E-state index in [0.717, 1.165) is 48.2 Å². The van der Waals surface area contributed by atoms with E-state index in [0.29, 0.717) is 43.0 Å². The first-order valence-corrected chi connectivity index (χ1v) is 19.2. The van der Waals surface area contributed by atoms with Crippen molar-refractivity contribution in [3.63, 3.8) is 0 Å². The number of aryl methyl sites for hydroxylation is 1. The maximum atomic E-state index is 12.9. The standard InChI is InChI=1S/C37H51N3O5Si/c1-37(2,3)46(6,7)44-26-28-17-19-32(34(25-28)43-5)38-35(41)15-11-12-27-16-18-31(29-13-9-8-10-14-29)33(24-27)39-36(42)45-30-20-22-40(4)23-21-30/h8-10,13-14,16-19,24-25,30H,11-12,15,20-23,26H2,1-7H3,(H,38,41)(H,39,42). The van der Waals surface area contributed by atoms with Crippen LogP contribution >= 0.6 is 0 Å². The van der Waals surface area contributed by atoms with Crippen LogP contribution in [0.15, 0.2) is 66.7 Å². The van der Waals surface area contributed by atoms with Crippen LogP contribution in [0.1, 0.15) is 57.6 Å². The van der Waals surface area contributed by atoms with E-state index in [9.17, 15) is 9.59 Å². The van der Waals surface area contributed by atoms with Gasteiger partial charge in [-0.15, -0.1) is 0 Å². The van der Waals surface area contributed by atoms with Gasteiger partial charge in [-0.25, -0.2) is 4.79 Å². The van der Waals surface area contributed by atoms with Crippen LogP contribution in [-0.2, 0) is 27.0 Å². The number of likely N-dealkylation sites (tertiary alicyclic amines) is 1. The largest absolute Gasteiger partial charge is 0.495 e. The Hall–Kier alpha value is -3.66. The summed E-state index contributed by atoms with van der Waals surface area (Å²) >= 11 is 0. The Morgan fingerprint density at radius 1 is 0.913 bits per heavy atom. The fraction of sp³-hybridized carbons (Fsp3) is 0.459. The number of hydrogen-bond acceptors (Lipinski definition) is 6. The zero-order chi connectivity index (χ0) is 33.3. The van der Waals surface area contributed by atoms with E-state index in [4.69, 9.17) is 13.9 Å². The molecule has 1 aliphatic rings. The van der Waals surface area contributed by atoms with Gasteiger partial charge in [-0.05, 0) is 85.8 Å². The van der Waals surface area contributed by atoms with Crippen LogP contribution in [0, 0.1) is 0 Å². The summed E-state index contributed by atoms with van der Waals surface area (Å²) in [6, 6.07) is 21.8. The van der Waals surface area contributed by atoms with Crippen molar-refractivity contribution in [3.05, 3.63) is 77.9 Å². The molecule has 3 aromatic carbocycles. The molecule has 1 fully saturated rings. The van der Waals surface area contributed by atoms with Crippen LogP contribution in [0.5, 0.6) is 5.75 Å². The molecule has 0 radical (unpaired) electrons. The highest BCUT2D eigenvalue weighted by molar-refractivity contribution is 6.74. The number of hydrogen-bond donors (Lipinski definition) is 2. The molecule has 248 valence electrons. The molecule has 0 bridgehead atoms. The van der Waals surface area contributed by atoms with Crippen LogP contribution < -0.4 is 15.4 Å². The average Bonchev–Trinajstić information content (AvgIpc) is 3.01. The molecule has 1 aliphatic heterocycles. The van der Waals surface area contributed by atoms with Gasteiger partial charge in [-0.2, -0.15) is 0 Å². The van der Waals surface area contributed by atoms with Gasteiger partial charge < -0.3 is 24.1 Å². The Morgan fingerprint density at radius 2 is 1.61 bits per heavy atom. The van der Waals surface area contributed by atoms with Crippen LogP contribution in [0.3, 0.4) is 0 Å². The molecular formula is C37H51N3O5Si. The number of benzene rings is 3. The number of ether oxygens (including phenoxy) is 2. The Kier molecular flexibility index (Phi) is 12.1. The molecule has 9 heteroatoms. The van der Waals surface area contributed by atoms with Gasteiger partial charge >= 0.3 is 6.09 Å². The Labute approximate surface area is 276 Å². The lowest BCUT2D eigenvalue weighted by atomic mass is 9.99. The molecule has 0 spiro atoms. The van der Waals surface area contributed by atoms with E-state index in [2.05, 4.69) is 62.5 Å². The number of carbonyl (C=O) groups is 2. The minimum absolute atomic E-state index is 0.0791. The lowest BCUT2D eigenvalue weighted by molar-refractivity contribution is -0.116. The number of anilines is 2. The van der Waals surface area contributed by atoms with Crippen molar-refractivity contribution in [3.8, 4) is 16.9 Å². The van der Waals surface area contributed by atoms with Crippen molar-refractivity contribution < 1.29 is 23.5 Å². The molecule has 0 aliphatic carbocycles. The van der Waals surface area contributed by atoms with Crippen molar-refractivity contribution in [2.75, 3.05) is 37.9 Å². The number of rotatable bonds is 12. The Balaban J connectivity index is 1.35. The number of nitrogens with one attached hydrogen (secondary N) is 2. The molecule has 1 heterocycles. The van der Waals surface area contributed by atoms with Crippen molar-refractivity contribution >= 4 is 31.7 Å². The molecule has 0 unspecified atom stereocenters. The molecule has 0 aromatic heterocycles. The lowest BCUT2D eigenvalue weighted by Gasteiger charge is -2.36. The number of nitrogens with zero attached hydrogens (tertiary/aromatic N) is 1. The van der Waals surface area contributed by atoms with Gasteiger partial charge in [0.2, 0.25) is 5.91 Å². The normalized spacial score (nSPS) is 14.5. The van der Waals surface area contributed by atoms with Crippen LogP contribution in [-0.4, -0.2) is 58.6 Å². The molecular weight excluding hydrogens is 595 g/mol. The van der Waals surface area contributed by atoms with Gasteiger partial charge in [-0.1, -0.05) is 69.3 Å². The van der Waals surface area contributed by atoms with Gasteiger partial charge in [-0.3, -0.25) is 10.1 Å². The third-order valence-electron chi connectivity index (χ3n) is 9.16. The van der Waals surface area contributed by atoms with Crippen LogP contribution in [0.2, 0.25) is 18.1 Å². The fourth-order valence-electron chi connectivity index (χ4n) is 5.19. The maximum Gasteiger partial charge on any atom is 0.411 e. The summed E-state index contributed by atoms with van der Waals surface area (Å²) in [5, 5.41) is 6.15. The first kappa shape index (κ1) is 35.2. The third kappa shape index (κ3) is 9.92. The summed E-state index contributed by atoms with van der Waals surface area (Å²) in [5.41, 5.74) is 5.32. The van der Waals surface area contributed by atoms with Crippen molar-refractivity contribution in [1.82, 2.24) is 4.90 Å². The summed E-state index contributed by atoms with van der Waals surface area (Å²) in [5.74, 6) is 0.536. The molecule has 0 atom stereocenters. The number of amides is 2. The minimum Gasteiger partial charge on any atom is -0.495 e. The Bertz CT molecular complexity index is 1460. The molecule has 2 amide bonds. The molecule has 0 saturated carbocycles. The van der Waals surface area contributed by atoms with E-state index < -0.39 is 14.4 Å². The average molecular weight is 646 g/mol. The minimum atomic E-state index is -1.88. The second-order valence-corrected chi connectivity index (χ2v) is 18.6. The summed E-state index contributed by atoms with van der Waals surface area (Å²) in [6.07, 6.45) is 2.83. The van der Waals surface area contributed by atoms with E-state index in [1.165, 1.54) is 0 Å². The quantitative estimate of drug-likeness (QED) is 0.192. The summed E-state index contributed by atoms with van der Waals surface area (Å²) in [7, 11) is 1.81.